The number of hydrogen-bond acceptors (Lipinski definition) is 6. The maximum Gasteiger partial charge on any atom is 0.338 e. The van der Waals surface area contributed by atoms with Crippen molar-refractivity contribution in [3.05, 3.63) is 53.6 Å². The molecule has 9 heteroatoms. The van der Waals surface area contributed by atoms with Gasteiger partial charge in [0.15, 0.2) is 6.61 Å². The minimum absolute atomic E-state index is 0.0489. The number of aryl methyl sites for hydroxylation is 1. The molecule has 2 aromatic carbocycles. The van der Waals surface area contributed by atoms with E-state index >= 15 is 0 Å². The Balaban J connectivity index is 1.67. The molecular weight excluding hydrogens is 420 g/mol. The van der Waals surface area contributed by atoms with Crippen molar-refractivity contribution in [1.82, 2.24) is 4.31 Å². The van der Waals surface area contributed by atoms with E-state index in [9.17, 15) is 18.0 Å². The van der Waals surface area contributed by atoms with Gasteiger partial charge in [-0.2, -0.15) is 4.31 Å². The van der Waals surface area contributed by atoms with Gasteiger partial charge in [-0.3, -0.25) is 4.79 Å². The quantitative estimate of drug-likeness (QED) is 0.656. The van der Waals surface area contributed by atoms with E-state index in [0.29, 0.717) is 30.1 Å². The first-order valence-corrected chi connectivity index (χ1v) is 11.5. The van der Waals surface area contributed by atoms with E-state index in [1.165, 1.54) is 23.5 Å². The first-order valence-electron chi connectivity index (χ1n) is 10.0. The Morgan fingerprint density at radius 1 is 1.06 bits per heavy atom. The Kier molecular flexibility index (Phi) is 7.29. The summed E-state index contributed by atoms with van der Waals surface area (Å²) in [5.74, 6) is -0.692. The molecule has 1 fully saturated rings. The molecule has 0 aliphatic carbocycles. The maximum atomic E-state index is 12.9. The van der Waals surface area contributed by atoms with E-state index in [1.54, 1.807) is 37.3 Å². The summed E-state index contributed by atoms with van der Waals surface area (Å²) in [6.45, 7) is 2.13. The van der Waals surface area contributed by atoms with Crippen molar-refractivity contribution >= 4 is 27.6 Å². The van der Waals surface area contributed by atoms with Gasteiger partial charge < -0.3 is 14.8 Å². The van der Waals surface area contributed by atoms with Crippen molar-refractivity contribution in [2.45, 2.75) is 31.1 Å². The van der Waals surface area contributed by atoms with Crippen molar-refractivity contribution in [3.63, 3.8) is 0 Å². The first kappa shape index (κ1) is 22.8. The Hall–Kier alpha value is -2.91. The monoisotopic (exact) mass is 446 g/mol. The number of sulfonamides is 1. The lowest BCUT2D eigenvalue weighted by atomic mass is 10.1. The Bertz CT molecular complexity index is 1060. The molecule has 1 aliphatic rings. The number of nitrogens with zero attached hydrogens (tertiary/aromatic N) is 1. The fourth-order valence-corrected chi connectivity index (χ4v) is 4.89. The van der Waals surface area contributed by atoms with Crippen LogP contribution in [0.25, 0.3) is 0 Å². The summed E-state index contributed by atoms with van der Waals surface area (Å²) in [6, 6.07) is 11.2. The van der Waals surface area contributed by atoms with Gasteiger partial charge >= 0.3 is 5.97 Å². The Morgan fingerprint density at radius 3 is 2.52 bits per heavy atom. The molecule has 8 nitrogen and oxygen atoms in total. The van der Waals surface area contributed by atoms with Gasteiger partial charge in [-0.15, -0.1) is 0 Å². The molecule has 3 rings (SSSR count). The SMILES string of the molecule is COc1cccc(NC(=O)COC(=O)c2cc(S(=O)(=O)N3CCCCC3)ccc2C)c1. The minimum atomic E-state index is -3.68. The second kappa shape index (κ2) is 9.93. The number of methoxy groups -OCH3 is 1. The van der Waals surface area contributed by atoms with Crippen LogP contribution in [0.1, 0.15) is 35.2 Å². The number of piperidine rings is 1. The third kappa shape index (κ3) is 5.62. The minimum Gasteiger partial charge on any atom is -0.497 e. The van der Waals surface area contributed by atoms with Gasteiger partial charge in [0.1, 0.15) is 5.75 Å². The third-order valence-electron chi connectivity index (χ3n) is 5.07. The molecule has 0 spiro atoms. The number of hydrogen-bond donors (Lipinski definition) is 1. The van der Waals surface area contributed by atoms with Crippen LogP contribution >= 0.6 is 0 Å². The molecule has 1 heterocycles. The standard InChI is InChI=1S/C22H26N2O6S/c1-16-9-10-19(31(27,28)24-11-4-3-5-12-24)14-20(16)22(26)30-15-21(25)23-17-7-6-8-18(13-17)29-2/h6-10,13-14H,3-5,11-12,15H2,1-2H3,(H,23,25). The lowest BCUT2D eigenvalue weighted by molar-refractivity contribution is -0.119. The summed E-state index contributed by atoms with van der Waals surface area (Å²) in [6.07, 6.45) is 2.65. The second-order valence-corrected chi connectivity index (χ2v) is 9.24. The Labute approximate surface area is 182 Å². The molecule has 0 unspecified atom stereocenters. The fraction of sp³-hybridized carbons (Fsp3) is 0.364. The molecule has 0 bridgehead atoms. The number of carbonyl (C=O) groups is 2. The van der Waals surface area contributed by atoms with Gasteiger partial charge in [-0.1, -0.05) is 18.6 Å². The number of nitrogens with one attached hydrogen (secondary N) is 1. The van der Waals surface area contributed by atoms with Gasteiger partial charge in [0.25, 0.3) is 5.91 Å². The smallest absolute Gasteiger partial charge is 0.338 e. The van der Waals surface area contributed by atoms with Crippen LogP contribution in [0.15, 0.2) is 47.4 Å². The normalized spacial score (nSPS) is 14.6. The summed E-state index contributed by atoms with van der Waals surface area (Å²) >= 11 is 0. The van der Waals surface area contributed by atoms with E-state index in [2.05, 4.69) is 5.32 Å². The predicted molar refractivity (Wildman–Crippen MR) is 116 cm³/mol. The summed E-state index contributed by atoms with van der Waals surface area (Å²) in [7, 11) is -2.16. The summed E-state index contributed by atoms with van der Waals surface area (Å²) in [5, 5.41) is 2.62. The lowest BCUT2D eigenvalue weighted by Gasteiger charge is -2.26. The third-order valence-corrected chi connectivity index (χ3v) is 6.96. The van der Waals surface area contributed by atoms with Gasteiger partial charge in [-0.05, 0) is 49.6 Å². The highest BCUT2D eigenvalue weighted by atomic mass is 32.2. The molecule has 1 amide bonds. The molecule has 0 aromatic heterocycles. The van der Waals surface area contributed by atoms with E-state index in [0.717, 1.165) is 19.3 Å². The molecule has 166 valence electrons. The number of rotatable bonds is 7. The lowest BCUT2D eigenvalue weighted by Crippen LogP contribution is -2.35. The fourth-order valence-electron chi connectivity index (χ4n) is 3.34. The molecule has 0 radical (unpaired) electrons. The topological polar surface area (TPSA) is 102 Å². The van der Waals surface area contributed by atoms with Crippen LogP contribution in [0, 0.1) is 6.92 Å². The van der Waals surface area contributed by atoms with Crippen molar-refractivity contribution in [3.8, 4) is 5.75 Å². The summed E-state index contributed by atoms with van der Waals surface area (Å²) in [5.41, 5.74) is 1.19. The molecule has 0 saturated carbocycles. The number of ether oxygens (including phenoxy) is 2. The molecule has 31 heavy (non-hydrogen) atoms. The highest BCUT2D eigenvalue weighted by Gasteiger charge is 2.27. The van der Waals surface area contributed by atoms with Crippen LogP contribution in [-0.4, -0.2) is 51.4 Å². The Morgan fingerprint density at radius 2 is 1.81 bits per heavy atom. The molecular formula is C22H26N2O6S. The van der Waals surface area contributed by atoms with Crippen LogP contribution < -0.4 is 10.1 Å². The van der Waals surface area contributed by atoms with Gasteiger partial charge in [0.2, 0.25) is 10.0 Å². The van der Waals surface area contributed by atoms with Gasteiger partial charge in [0.05, 0.1) is 17.6 Å². The number of carbonyl (C=O) groups excluding carboxylic acids is 2. The highest BCUT2D eigenvalue weighted by molar-refractivity contribution is 7.89. The predicted octanol–water partition coefficient (Wildman–Crippen LogP) is 2.97. The van der Waals surface area contributed by atoms with Gasteiger partial charge in [-0.25, -0.2) is 13.2 Å². The molecule has 1 saturated heterocycles. The van der Waals surface area contributed by atoms with Crippen molar-refractivity contribution < 1.29 is 27.5 Å². The van der Waals surface area contributed by atoms with Crippen molar-refractivity contribution in [1.29, 1.82) is 0 Å². The van der Waals surface area contributed by atoms with Crippen molar-refractivity contribution in [2.24, 2.45) is 0 Å². The van der Waals surface area contributed by atoms with Crippen LogP contribution in [0.5, 0.6) is 5.75 Å². The largest absolute Gasteiger partial charge is 0.497 e. The van der Waals surface area contributed by atoms with Gasteiger partial charge in [0, 0.05) is 24.8 Å². The second-order valence-electron chi connectivity index (χ2n) is 7.30. The zero-order valence-corrected chi connectivity index (χ0v) is 18.4. The number of amides is 1. The van der Waals surface area contributed by atoms with Crippen LogP contribution in [0.4, 0.5) is 5.69 Å². The maximum absolute atomic E-state index is 12.9. The van der Waals surface area contributed by atoms with E-state index in [1.807, 2.05) is 0 Å². The van der Waals surface area contributed by atoms with Crippen LogP contribution in [0.3, 0.4) is 0 Å². The molecule has 0 atom stereocenters. The zero-order chi connectivity index (χ0) is 22.4. The molecule has 2 aromatic rings. The molecule has 1 N–H and O–H groups in total. The number of anilines is 1. The zero-order valence-electron chi connectivity index (χ0n) is 17.6. The number of benzene rings is 2. The van der Waals surface area contributed by atoms with E-state index in [4.69, 9.17) is 9.47 Å². The summed E-state index contributed by atoms with van der Waals surface area (Å²) < 4.78 is 37.5. The van der Waals surface area contributed by atoms with Crippen LogP contribution in [-0.2, 0) is 19.6 Å². The average Bonchev–Trinajstić information content (AvgIpc) is 2.78. The number of esters is 1. The summed E-state index contributed by atoms with van der Waals surface area (Å²) in [4.78, 5) is 24.7. The molecule has 1 aliphatic heterocycles. The van der Waals surface area contributed by atoms with Crippen LogP contribution in [0.2, 0.25) is 0 Å². The van der Waals surface area contributed by atoms with E-state index in [-0.39, 0.29) is 10.5 Å². The average molecular weight is 447 g/mol. The first-order chi connectivity index (χ1) is 14.8. The van der Waals surface area contributed by atoms with E-state index < -0.39 is 28.5 Å². The highest BCUT2D eigenvalue weighted by Crippen LogP contribution is 2.23. The van der Waals surface area contributed by atoms with Crippen molar-refractivity contribution in [2.75, 3.05) is 32.1 Å².